The first-order valence-electron chi connectivity index (χ1n) is 8.57. The molecule has 2 unspecified atom stereocenters. The molecule has 0 bridgehead atoms. The van der Waals surface area contributed by atoms with E-state index in [9.17, 15) is 0 Å². The summed E-state index contributed by atoms with van der Waals surface area (Å²) in [5.74, 6) is 0. The van der Waals surface area contributed by atoms with Crippen LogP contribution in [0.3, 0.4) is 0 Å². The average molecular weight is 288 g/mol. The molecule has 3 heteroatoms. The van der Waals surface area contributed by atoms with Crippen molar-refractivity contribution < 1.29 is 4.74 Å². The Morgan fingerprint density at radius 1 is 1.29 bits per heavy atom. The lowest BCUT2D eigenvalue weighted by molar-refractivity contribution is 0.105. The molecule has 2 aliphatic rings. The fraction of sp³-hybridized carbons (Fsp3) is 0.667. The molecule has 1 aromatic carbocycles. The van der Waals surface area contributed by atoms with Gasteiger partial charge >= 0.3 is 0 Å². The zero-order chi connectivity index (χ0) is 14.5. The van der Waals surface area contributed by atoms with E-state index in [1.165, 1.54) is 43.4 Å². The topological polar surface area (TPSA) is 24.5 Å². The van der Waals surface area contributed by atoms with E-state index < -0.39 is 0 Å². The van der Waals surface area contributed by atoms with Gasteiger partial charge in [0.25, 0.3) is 0 Å². The highest BCUT2D eigenvalue weighted by molar-refractivity contribution is 5.57. The Morgan fingerprint density at radius 3 is 3.00 bits per heavy atom. The van der Waals surface area contributed by atoms with Crippen molar-refractivity contribution in [2.75, 3.05) is 31.1 Å². The first-order valence-corrected chi connectivity index (χ1v) is 8.57. The summed E-state index contributed by atoms with van der Waals surface area (Å²) in [7, 11) is 0. The van der Waals surface area contributed by atoms with Gasteiger partial charge in [-0.2, -0.15) is 0 Å². The zero-order valence-electron chi connectivity index (χ0n) is 13.2. The fourth-order valence-corrected chi connectivity index (χ4v) is 3.57. The Labute approximate surface area is 128 Å². The Balaban J connectivity index is 1.65. The third-order valence-corrected chi connectivity index (χ3v) is 4.73. The smallest absolute Gasteiger partial charge is 0.0592 e. The molecular weight excluding hydrogens is 260 g/mol. The number of ether oxygens (including phenoxy) is 1. The van der Waals surface area contributed by atoms with E-state index in [0.717, 1.165) is 26.2 Å². The van der Waals surface area contributed by atoms with Crippen LogP contribution in [0.15, 0.2) is 24.3 Å². The van der Waals surface area contributed by atoms with Crippen LogP contribution in [-0.4, -0.2) is 32.3 Å². The molecule has 1 N–H and O–H groups in total. The highest BCUT2D eigenvalue weighted by Crippen LogP contribution is 2.34. The number of benzene rings is 1. The minimum Gasteiger partial charge on any atom is -0.378 e. The molecule has 1 saturated heterocycles. The summed E-state index contributed by atoms with van der Waals surface area (Å²) in [5, 5.41) is 3.69. The number of nitrogens with zero attached hydrogens (tertiary/aromatic N) is 1. The maximum Gasteiger partial charge on any atom is 0.0592 e. The lowest BCUT2D eigenvalue weighted by atomic mass is 9.96. The molecule has 0 aromatic heterocycles. The predicted molar refractivity (Wildman–Crippen MR) is 87.9 cm³/mol. The van der Waals surface area contributed by atoms with E-state index in [2.05, 4.69) is 41.4 Å². The van der Waals surface area contributed by atoms with Crippen molar-refractivity contribution in [2.24, 2.45) is 0 Å². The number of para-hydroxylation sites is 1. The maximum atomic E-state index is 5.77. The predicted octanol–water partition coefficient (Wildman–Crippen LogP) is 3.51. The number of rotatable bonds is 6. The van der Waals surface area contributed by atoms with E-state index in [1.54, 1.807) is 0 Å². The number of nitrogens with one attached hydrogen (secondary N) is 1. The molecule has 0 radical (unpaired) electrons. The van der Waals surface area contributed by atoms with Crippen LogP contribution in [0.4, 0.5) is 5.69 Å². The van der Waals surface area contributed by atoms with Gasteiger partial charge in [0, 0.05) is 31.4 Å². The molecule has 0 amide bonds. The quantitative estimate of drug-likeness (QED) is 0.867. The molecule has 2 aliphatic heterocycles. The van der Waals surface area contributed by atoms with E-state index in [-0.39, 0.29) is 0 Å². The van der Waals surface area contributed by atoms with Gasteiger partial charge in [0.1, 0.15) is 0 Å². The number of fused-ring (bicyclic) bond motifs is 1. The van der Waals surface area contributed by atoms with Crippen LogP contribution in [0.1, 0.15) is 50.6 Å². The van der Waals surface area contributed by atoms with Crippen molar-refractivity contribution in [3.8, 4) is 0 Å². The van der Waals surface area contributed by atoms with E-state index in [0.29, 0.717) is 12.1 Å². The molecule has 1 fully saturated rings. The number of hydrogen-bond acceptors (Lipinski definition) is 3. The molecule has 0 saturated carbocycles. The average Bonchev–Trinajstić information content (AvgIpc) is 3.04. The Bertz CT molecular complexity index is 443. The third kappa shape index (κ3) is 3.58. The van der Waals surface area contributed by atoms with Gasteiger partial charge in [-0.05, 0) is 50.3 Å². The number of anilines is 1. The summed E-state index contributed by atoms with van der Waals surface area (Å²) in [4.78, 5) is 2.56. The second-order valence-electron chi connectivity index (χ2n) is 6.26. The van der Waals surface area contributed by atoms with Gasteiger partial charge in [-0.15, -0.1) is 0 Å². The monoisotopic (exact) mass is 288 g/mol. The second kappa shape index (κ2) is 7.28. The fourth-order valence-electron chi connectivity index (χ4n) is 3.57. The van der Waals surface area contributed by atoms with Crippen molar-refractivity contribution in [3.63, 3.8) is 0 Å². The molecule has 3 nitrogen and oxygen atoms in total. The summed E-state index contributed by atoms with van der Waals surface area (Å²) >= 11 is 0. The van der Waals surface area contributed by atoms with Gasteiger partial charge in [0.05, 0.1) is 6.10 Å². The lowest BCUT2D eigenvalue weighted by Gasteiger charge is -2.36. The molecule has 2 heterocycles. The van der Waals surface area contributed by atoms with Gasteiger partial charge < -0.3 is 15.0 Å². The van der Waals surface area contributed by atoms with Crippen LogP contribution in [0.2, 0.25) is 0 Å². The van der Waals surface area contributed by atoms with Crippen molar-refractivity contribution >= 4 is 5.69 Å². The van der Waals surface area contributed by atoms with Crippen molar-refractivity contribution in [3.05, 3.63) is 29.8 Å². The zero-order valence-corrected chi connectivity index (χ0v) is 13.2. The Morgan fingerprint density at radius 2 is 2.19 bits per heavy atom. The first kappa shape index (κ1) is 14.9. The first-order chi connectivity index (χ1) is 10.4. The largest absolute Gasteiger partial charge is 0.378 e. The molecule has 116 valence electrons. The molecule has 3 rings (SSSR count). The molecule has 0 spiro atoms. The van der Waals surface area contributed by atoms with Crippen LogP contribution in [0.25, 0.3) is 0 Å². The van der Waals surface area contributed by atoms with Gasteiger partial charge in [0.2, 0.25) is 0 Å². The van der Waals surface area contributed by atoms with Gasteiger partial charge in [-0.1, -0.05) is 25.1 Å². The van der Waals surface area contributed by atoms with Crippen LogP contribution in [0, 0.1) is 0 Å². The normalized spacial score (nSPS) is 25.1. The summed E-state index contributed by atoms with van der Waals surface area (Å²) in [5.41, 5.74) is 2.90. The molecule has 0 aliphatic carbocycles. The van der Waals surface area contributed by atoms with Crippen LogP contribution in [0.5, 0.6) is 0 Å². The summed E-state index contributed by atoms with van der Waals surface area (Å²) in [6, 6.07) is 9.44. The van der Waals surface area contributed by atoms with E-state index in [1.807, 2.05) is 0 Å². The Kier molecular flexibility index (Phi) is 5.15. The molecule has 1 aromatic rings. The summed E-state index contributed by atoms with van der Waals surface area (Å²) < 4.78 is 5.77. The van der Waals surface area contributed by atoms with Gasteiger partial charge in [0.15, 0.2) is 0 Å². The van der Waals surface area contributed by atoms with E-state index >= 15 is 0 Å². The molecule has 2 atom stereocenters. The van der Waals surface area contributed by atoms with Crippen LogP contribution < -0.4 is 10.2 Å². The van der Waals surface area contributed by atoms with Gasteiger partial charge in [-0.25, -0.2) is 0 Å². The summed E-state index contributed by atoms with van der Waals surface area (Å²) in [6.07, 6.45) is 6.55. The highest BCUT2D eigenvalue weighted by Gasteiger charge is 2.25. The molecule has 21 heavy (non-hydrogen) atoms. The van der Waals surface area contributed by atoms with Crippen molar-refractivity contribution in [1.82, 2.24) is 5.32 Å². The Hall–Kier alpha value is -1.06. The van der Waals surface area contributed by atoms with Crippen LogP contribution in [-0.2, 0) is 4.74 Å². The number of hydrogen-bond donors (Lipinski definition) is 1. The van der Waals surface area contributed by atoms with E-state index in [4.69, 9.17) is 4.74 Å². The maximum absolute atomic E-state index is 5.77. The van der Waals surface area contributed by atoms with Crippen LogP contribution >= 0.6 is 0 Å². The van der Waals surface area contributed by atoms with Gasteiger partial charge in [-0.3, -0.25) is 0 Å². The minimum absolute atomic E-state index is 0.494. The minimum atomic E-state index is 0.494. The summed E-state index contributed by atoms with van der Waals surface area (Å²) in [6.45, 7) is 6.59. The third-order valence-electron chi connectivity index (χ3n) is 4.73. The van der Waals surface area contributed by atoms with Crippen molar-refractivity contribution in [2.45, 2.75) is 51.2 Å². The van der Waals surface area contributed by atoms with Crippen molar-refractivity contribution in [1.29, 1.82) is 0 Å². The SMILES string of the molecule is CCCNC1CCN(CCC2CCCO2)c2ccccc21. The second-order valence-corrected chi connectivity index (χ2v) is 6.26. The molecular formula is C18H28N2O. The highest BCUT2D eigenvalue weighted by atomic mass is 16.5. The lowest BCUT2D eigenvalue weighted by Crippen LogP contribution is -2.37. The standard InChI is InChI=1S/C18H28N2O/c1-2-11-19-17-10-13-20(12-9-15-6-5-14-21-15)18-8-4-3-7-16(17)18/h3-4,7-8,15,17,19H,2,5-6,9-14H2,1H3.